The topological polar surface area (TPSA) is 121 Å². The number of hydrogen-bond acceptors (Lipinski definition) is 6. The van der Waals surface area contributed by atoms with Gasteiger partial charge in [0.05, 0.1) is 12.2 Å². The number of imide groups is 2. The highest BCUT2D eigenvalue weighted by molar-refractivity contribution is 6.44. The van der Waals surface area contributed by atoms with Gasteiger partial charge in [-0.3, -0.25) is 14.5 Å². The van der Waals surface area contributed by atoms with E-state index in [0.717, 1.165) is 12.5 Å². The molecule has 1 aliphatic rings. The van der Waals surface area contributed by atoms with Crippen LogP contribution in [0.2, 0.25) is 0 Å². The Morgan fingerprint density at radius 1 is 1.32 bits per heavy atom. The third-order valence-electron chi connectivity index (χ3n) is 2.58. The van der Waals surface area contributed by atoms with Gasteiger partial charge in [0.1, 0.15) is 11.9 Å². The summed E-state index contributed by atoms with van der Waals surface area (Å²) in [6, 6.07) is -0.815. The van der Waals surface area contributed by atoms with Crippen LogP contribution in [-0.2, 0) is 16.1 Å². The predicted octanol–water partition coefficient (Wildman–Crippen LogP) is -0.905. The number of hydrogen-bond donors (Lipinski definition) is 1. The van der Waals surface area contributed by atoms with Gasteiger partial charge in [-0.15, -0.1) is 0 Å². The lowest BCUT2D eigenvalue weighted by atomic mass is 10.2. The maximum absolute atomic E-state index is 11.6. The summed E-state index contributed by atoms with van der Waals surface area (Å²) in [5.41, 5.74) is -0.252. The summed E-state index contributed by atoms with van der Waals surface area (Å²) in [7, 11) is 1.17. The van der Waals surface area contributed by atoms with E-state index in [1.54, 1.807) is 0 Å². The van der Waals surface area contributed by atoms with E-state index in [1.165, 1.54) is 7.05 Å². The van der Waals surface area contributed by atoms with E-state index in [9.17, 15) is 19.2 Å². The maximum atomic E-state index is 11.6. The Labute approximate surface area is 106 Å². The Kier molecular flexibility index (Phi) is 2.95. The number of carbonyl (C=O) groups is 4. The van der Waals surface area contributed by atoms with Crippen LogP contribution in [0.3, 0.4) is 0 Å². The fourth-order valence-electron chi connectivity index (χ4n) is 1.56. The number of rotatable bonds is 3. The summed E-state index contributed by atoms with van der Waals surface area (Å²) in [6.45, 7) is -0.391. The molecule has 1 aliphatic heterocycles. The first-order valence-electron chi connectivity index (χ1n) is 5.09. The van der Waals surface area contributed by atoms with Crippen LogP contribution in [0, 0.1) is 0 Å². The number of nitrogens with zero attached hydrogens (tertiary/aromatic N) is 4. The first-order chi connectivity index (χ1) is 8.93. The van der Waals surface area contributed by atoms with Crippen LogP contribution in [0.4, 0.5) is 4.79 Å². The van der Waals surface area contributed by atoms with Crippen LogP contribution in [0.1, 0.15) is 16.1 Å². The largest absolute Gasteiger partial charge is 0.478 e. The van der Waals surface area contributed by atoms with Crippen LogP contribution in [0.5, 0.6) is 0 Å². The van der Waals surface area contributed by atoms with Crippen molar-refractivity contribution in [3.05, 3.63) is 23.8 Å². The Bertz CT molecular complexity index is 599. The monoisotopic (exact) mass is 264 g/mol. The van der Waals surface area contributed by atoms with Crippen molar-refractivity contribution in [1.82, 2.24) is 19.8 Å². The molecule has 1 saturated heterocycles. The fraction of sp³-hybridized carbons (Fsp3) is 0.200. The van der Waals surface area contributed by atoms with Crippen LogP contribution in [0.25, 0.3) is 0 Å². The highest BCUT2D eigenvalue weighted by Crippen LogP contribution is 2.15. The predicted molar refractivity (Wildman–Crippen MR) is 57.7 cm³/mol. The molecule has 1 N–H and O–H groups in total. The number of aromatic carboxylic acids is 1. The Morgan fingerprint density at radius 3 is 2.53 bits per heavy atom. The van der Waals surface area contributed by atoms with Crippen molar-refractivity contribution in [3.8, 4) is 0 Å². The Hall–Kier alpha value is -2.84. The number of carboxylic acid groups (broad SMARTS) is 1. The molecule has 9 heteroatoms. The molecule has 0 saturated carbocycles. The first kappa shape index (κ1) is 12.6. The summed E-state index contributed by atoms with van der Waals surface area (Å²) in [4.78, 5) is 54.0. The quantitative estimate of drug-likeness (QED) is 0.554. The molecule has 0 aliphatic carbocycles. The molecule has 2 heterocycles. The molecule has 0 spiro atoms. The Morgan fingerprint density at radius 2 is 2.00 bits per heavy atom. The molecule has 0 radical (unpaired) electrons. The van der Waals surface area contributed by atoms with Gasteiger partial charge >= 0.3 is 23.8 Å². The number of carbonyl (C=O) groups excluding carboxylic acids is 3. The fourth-order valence-corrected chi connectivity index (χ4v) is 1.56. The van der Waals surface area contributed by atoms with Crippen LogP contribution < -0.4 is 0 Å². The van der Waals surface area contributed by atoms with Crippen molar-refractivity contribution in [2.45, 2.75) is 6.54 Å². The number of likely N-dealkylation sites (N-methyl/N-ethyl adjacent to an activating group) is 1. The number of urea groups is 1. The van der Waals surface area contributed by atoms with Gasteiger partial charge in [-0.1, -0.05) is 0 Å². The zero-order chi connectivity index (χ0) is 14.2. The average molecular weight is 264 g/mol. The summed E-state index contributed by atoms with van der Waals surface area (Å²) < 4.78 is 0. The van der Waals surface area contributed by atoms with E-state index in [4.69, 9.17) is 5.11 Å². The third kappa shape index (κ3) is 2.01. The second-order valence-electron chi connectivity index (χ2n) is 3.73. The van der Waals surface area contributed by atoms with E-state index in [-0.39, 0.29) is 11.3 Å². The lowest BCUT2D eigenvalue weighted by Gasteiger charge is -2.13. The van der Waals surface area contributed by atoms with Crippen LogP contribution in [-0.4, -0.2) is 55.7 Å². The van der Waals surface area contributed by atoms with Crippen molar-refractivity contribution in [2.75, 3.05) is 7.05 Å². The maximum Gasteiger partial charge on any atom is 0.339 e. The van der Waals surface area contributed by atoms with E-state index >= 15 is 0 Å². The minimum absolute atomic E-state index is 0.0210. The standard InChI is InChI=1S/C10H8N4O5/c1-13-7(15)8(16)14(10(13)19)3-6-5(9(17)18)2-11-4-12-6/h2,4H,3H2,1H3,(H,17,18). The van der Waals surface area contributed by atoms with Crippen molar-refractivity contribution in [1.29, 1.82) is 0 Å². The molecule has 0 bridgehead atoms. The van der Waals surface area contributed by atoms with Gasteiger partial charge in [-0.2, -0.15) is 0 Å². The van der Waals surface area contributed by atoms with Crippen LogP contribution in [0.15, 0.2) is 12.5 Å². The smallest absolute Gasteiger partial charge is 0.339 e. The van der Waals surface area contributed by atoms with Gasteiger partial charge in [0.15, 0.2) is 0 Å². The lowest BCUT2D eigenvalue weighted by Crippen LogP contribution is -2.32. The highest BCUT2D eigenvalue weighted by atomic mass is 16.4. The minimum Gasteiger partial charge on any atom is -0.478 e. The van der Waals surface area contributed by atoms with Gasteiger partial charge in [0.25, 0.3) is 0 Å². The molecular weight excluding hydrogens is 256 g/mol. The van der Waals surface area contributed by atoms with E-state index in [2.05, 4.69) is 9.97 Å². The summed E-state index contributed by atoms with van der Waals surface area (Å²) in [5, 5.41) is 8.93. The van der Waals surface area contributed by atoms with E-state index < -0.39 is 30.4 Å². The van der Waals surface area contributed by atoms with Gasteiger partial charge in [-0.05, 0) is 0 Å². The van der Waals surface area contributed by atoms with E-state index in [1.807, 2.05) is 0 Å². The van der Waals surface area contributed by atoms with Crippen LogP contribution >= 0.6 is 0 Å². The molecule has 9 nitrogen and oxygen atoms in total. The number of aromatic nitrogens is 2. The molecule has 1 aromatic rings. The number of amides is 4. The lowest BCUT2D eigenvalue weighted by molar-refractivity contribution is -0.143. The van der Waals surface area contributed by atoms with Gasteiger partial charge < -0.3 is 5.11 Å². The van der Waals surface area contributed by atoms with Gasteiger partial charge in [-0.25, -0.2) is 24.5 Å². The third-order valence-corrected chi connectivity index (χ3v) is 2.58. The molecule has 0 unspecified atom stereocenters. The molecule has 4 amide bonds. The summed E-state index contributed by atoms with van der Waals surface area (Å²) in [5.74, 6) is -3.26. The first-order valence-corrected chi connectivity index (χ1v) is 5.09. The molecule has 1 fully saturated rings. The van der Waals surface area contributed by atoms with E-state index in [0.29, 0.717) is 9.80 Å². The zero-order valence-electron chi connectivity index (χ0n) is 9.73. The number of carboxylic acids is 1. The molecule has 0 atom stereocenters. The molecule has 98 valence electrons. The summed E-state index contributed by atoms with van der Waals surface area (Å²) >= 11 is 0. The second kappa shape index (κ2) is 4.44. The molecular formula is C10H8N4O5. The van der Waals surface area contributed by atoms with Crippen molar-refractivity contribution >= 4 is 23.8 Å². The molecule has 2 rings (SSSR count). The minimum atomic E-state index is -1.28. The van der Waals surface area contributed by atoms with Crippen molar-refractivity contribution in [2.24, 2.45) is 0 Å². The van der Waals surface area contributed by atoms with Crippen molar-refractivity contribution < 1.29 is 24.3 Å². The molecule has 1 aromatic heterocycles. The van der Waals surface area contributed by atoms with Crippen molar-refractivity contribution in [3.63, 3.8) is 0 Å². The normalized spacial score (nSPS) is 15.3. The summed E-state index contributed by atoms with van der Waals surface area (Å²) in [6.07, 6.45) is 2.15. The van der Waals surface area contributed by atoms with Gasteiger partial charge in [0.2, 0.25) is 0 Å². The second-order valence-corrected chi connectivity index (χ2v) is 3.73. The Balaban J connectivity index is 2.32. The zero-order valence-corrected chi connectivity index (χ0v) is 9.73. The average Bonchev–Trinajstić information content (AvgIpc) is 2.57. The SMILES string of the molecule is CN1C(=O)C(=O)N(Cc2ncncc2C(=O)O)C1=O. The highest BCUT2D eigenvalue weighted by Gasteiger charge is 2.42. The molecule has 19 heavy (non-hydrogen) atoms. The molecule has 0 aromatic carbocycles. The van der Waals surface area contributed by atoms with Gasteiger partial charge in [0, 0.05) is 13.2 Å².